The standard InChI is InChI=1S/C60H55N/c1-57(2,3)44-37-51-50-36-35-47(39-54(50)59(7,8)56(51)55(38-44)58(4,5)6)61(45-31-27-41(28-32-45)40-19-11-9-12-20-40)46-33-29-43(30-34-46)60(42-21-13-10-14-22-42)52-25-17-15-23-48(52)49-24-16-18-26-53(49)60/h9-39H,1-8H3. The lowest BCUT2D eigenvalue weighted by atomic mass is 9.68. The Morgan fingerprint density at radius 1 is 0.377 bits per heavy atom. The average Bonchev–Trinajstić information content (AvgIpc) is 3.69. The summed E-state index contributed by atoms with van der Waals surface area (Å²) in [4.78, 5) is 2.45. The monoisotopic (exact) mass is 789 g/mol. The number of benzene rings is 8. The molecule has 0 spiro atoms. The van der Waals surface area contributed by atoms with E-state index in [1.165, 1.54) is 77.9 Å². The molecule has 0 amide bonds. The Morgan fingerprint density at radius 2 is 0.852 bits per heavy atom. The summed E-state index contributed by atoms with van der Waals surface area (Å²) in [6.45, 7) is 19.0. The van der Waals surface area contributed by atoms with Crippen LogP contribution in [0.3, 0.4) is 0 Å². The molecule has 0 aromatic heterocycles. The van der Waals surface area contributed by atoms with Crippen molar-refractivity contribution in [1.29, 1.82) is 0 Å². The van der Waals surface area contributed by atoms with E-state index < -0.39 is 5.41 Å². The Bertz CT molecular complexity index is 2870. The van der Waals surface area contributed by atoms with Crippen LogP contribution in [0.1, 0.15) is 99.9 Å². The molecule has 61 heavy (non-hydrogen) atoms. The van der Waals surface area contributed by atoms with Gasteiger partial charge in [-0.15, -0.1) is 0 Å². The Balaban J connectivity index is 1.15. The molecule has 0 unspecified atom stereocenters. The van der Waals surface area contributed by atoms with Gasteiger partial charge in [-0.1, -0.05) is 207 Å². The van der Waals surface area contributed by atoms with E-state index in [4.69, 9.17) is 0 Å². The van der Waals surface area contributed by atoms with Crippen LogP contribution in [0.15, 0.2) is 188 Å². The summed E-state index contributed by atoms with van der Waals surface area (Å²) in [6, 6.07) is 70.5. The van der Waals surface area contributed by atoms with Gasteiger partial charge < -0.3 is 4.90 Å². The molecule has 300 valence electrons. The Labute approximate surface area is 363 Å². The molecule has 0 saturated heterocycles. The zero-order valence-corrected chi connectivity index (χ0v) is 36.8. The molecule has 10 rings (SSSR count). The van der Waals surface area contributed by atoms with Crippen LogP contribution in [0.2, 0.25) is 0 Å². The average molecular weight is 790 g/mol. The van der Waals surface area contributed by atoms with Gasteiger partial charge in [0.05, 0.1) is 5.41 Å². The molecule has 0 atom stereocenters. The highest BCUT2D eigenvalue weighted by Gasteiger charge is 2.46. The van der Waals surface area contributed by atoms with Crippen molar-refractivity contribution in [2.45, 2.75) is 77.0 Å². The van der Waals surface area contributed by atoms with Crippen molar-refractivity contribution in [1.82, 2.24) is 0 Å². The Morgan fingerprint density at radius 3 is 1.43 bits per heavy atom. The maximum atomic E-state index is 2.50. The molecule has 0 heterocycles. The van der Waals surface area contributed by atoms with Gasteiger partial charge in [0.15, 0.2) is 0 Å². The van der Waals surface area contributed by atoms with Crippen molar-refractivity contribution in [3.8, 4) is 33.4 Å². The molecular weight excluding hydrogens is 735 g/mol. The first-order valence-electron chi connectivity index (χ1n) is 21.9. The lowest BCUT2D eigenvalue weighted by Crippen LogP contribution is -2.28. The van der Waals surface area contributed by atoms with Gasteiger partial charge in [-0.05, 0) is 125 Å². The van der Waals surface area contributed by atoms with Crippen molar-refractivity contribution < 1.29 is 0 Å². The minimum Gasteiger partial charge on any atom is -0.310 e. The largest absolute Gasteiger partial charge is 0.310 e. The second-order valence-electron chi connectivity index (χ2n) is 19.8. The molecule has 0 fully saturated rings. The molecule has 1 nitrogen and oxygen atoms in total. The van der Waals surface area contributed by atoms with Crippen molar-refractivity contribution in [3.05, 3.63) is 233 Å². The summed E-state index contributed by atoms with van der Waals surface area (Å²) in [6.07, 6.45) is 0. The Hall–Kier alpha value is -6.44. The highest BCUT2D eigenvalue weighted by molar-refractivity contribution is 5.89. The Kier molecular flexibility index (Phi) is 8.93. The molecule has 0 radical (unpaired) electrons. The van der Waals surface area contributed by atoms with Crippen LogP contribution in [0.4, 0.5) is 17.1 Å². The van der Waals surface area contributed by atoms with Crippen molar-refractivity contribution in [2.75, 3.05) is 4.90 Å². The van der Waals surface area contributed by atoms with E-state index in [1.807, 2.05) is 0 Å². The fourth-order valence-electron chi connectivity index (χ4n) is 10.6. The van der Waals surface area contributed by atoms with E-state index in [0.29, 0.717) is 0 Å². The topological polar surface area (TPSA) is 3.24 Å². The van der Waals surface area contributed by atoms with E-state index in [-0.39, 0.29) is 16.2 Å². The maximum Gasteiger partial charge on any atom is 0.0713 e. The third kappa shape index (κ3) is 6.12. The first kappa shape index (κ1) is 38.7. The fourth-order valence-corrected chi connectivity index (χ4v) is 10.6. The second kappa shape index (κ2) is 14.1. The molecule has 8 aromatic rings. The number of anilines is 3. The van der Waals surface area contributed by atoms with E-state index >= 15 is 0 Å². The molecule has 0 N–H and O–H groups in total. The second-order valence-corrected chi connectivity index (χ2v) is 19.8. The first-order chi connectivity index (χ1) is 29.3. The number of hydrogen-bond donors (Lipinski definition) is 0. The zero-order chi connectivity index (χ0) is 42.3. The third-order valence-electron chi connectivity index (χ3n) is 13.6. The van der Waals surface area contributed by atoms with Crippen LogP contribution < -0.4 is 4.90 Å². The van der Waals surface area contributed by atoms with E-state index in [2.05, 4.69) is 248 Å². The molecule has 0 aliphatic heterocycles. The van der Waals surface area contributed by atoms with Crippen LogP contribution in [0, 0.1) is 0 Å². The van der Waals surface area contributed by atoms with Gasteiger partial charge in [-0.25, -0.2) is 0 Å². The van der Waals surface area contributed by atoms with Crippen LogP contribution in [-0.4, -0.2) is 0 Å². The summed E-state index contributed by atoms with van der Waals surface area (Å²) >= 11 is 0. The van der Waals surface area contributed by atoms with Crippen LogP contribution >= 0.6 is 0 Å². The van der Waals surface area contributed by atoms with Crippen LogP contribution in [0.25, 0.3) is 33.4 Å². The number of rotatable bonds is 6. The minimum atomic E-state index is -0.449. The fraction of sp³-hybridized carbons (Fsp3) is 0.200. The third-order valence-corrected chi connectivity index (χ3v) is 13.6. The first-order valence-corrected chi connectivity index (χ1v) is 21.9. The van der Waals surface area contributed by atoms with Crippen molar-refractivity contribution in [2.24, 2.45) is 0 Å². The maximum absolute atomic E-state index is 2.50. The summed E-state index contributed by atoms with van der Waals surface area (Å²) in [5, 5.41) is 0. The smallest absolute Gasteiger partial charge is 0.0713 e. The zero-order valence-electron chi connectivity index (χ0n) is 36.8. The number of hydrogen-bond acceptors (Lipinski definition) is 1. The molecular formula is C60H55N. The molecule has 0 saturated carbocycles. The van der Waals surface area contributed by atoms with Crippen molar-refractivity contribution in [3.63, 3.8) is 0 Å². The highest BCUT2D eigenvalue weighted by atomic mass is 15.1. The van der Waals surface area contributed by atoms with Gasteiger partial charge in [0.25, 0.3) is 0 Å². The van der Waals surface area contributed by atoms with Gasteiger partial charge in [0.2, 0.25) is 0 Å². The predicted molar refractivity (Wildman–Crippen MR) is 259 cm³/mol. The summed E-state index contributed by atoms with van der Waals surface area (Å²) in [5.41, 5.74) is 21.4. The number of nitrogens with zero attached hydrogens (tertiary/aromatic N) is 1. The molecule has 2 aliphatic carbocycles. The van der Waals surface area contributed by atoms with Gasteiger partial charge in [-0.2, -0.15) is 0 Å². The molecule has 2 aliphatic rings. The minimum absolute atomic E-state index is 0.000769. The normalized spacial score (nSPS) is 14.5. The lowest BCUT2D eigenvalue weighted by Gasteiger charge is -2.34. The molecule has 0 bridgehead atoms. The molecule has 1 heteroatoms. The van der Waals surface area contributed by atoms with Crippen molar-refractivity contribution >= 4 is 17.1 Å². The molecule has 8 aromatic carbocycles. The van der Waals surface area contributed by atoms with Crippen LogP contribution in [0.5, 0.6) is 0 Å². The summed E-state index contributed by atoms with van der Waals surface area (Å²) < 4.78 is 0. The predicted octanol–water partition coefficient (Wildman–Crippen LogP) is 16.1. The SMILES string of the molecule is CC(C)(C)c1cc2c(c(C(C)(C)C)c1)C(C)(C)c1cc(N(c3ccc(-c4ccccc4)cc3)c3ccc(C4(c5ccccc5)c5ccccc5-c5ccccc54)cc3)ccc1-2. The van der Waals surface area contributed by atoms with Gasteiger partial charge in [0.1, 0.15) is 0 Å². The van der Waals surface area contributed by atoms with E-state index in [9.17, 15) is 0 Å². The van der Waals surface area contributed by atoms with E-state index in [1.54, 1.807) is 0 Å². The quantitative estimate of drug-likeness (QED) is 0.162. The number of fused-ring (bicyclic) bond motifs is 6. The van der Waals surface area contributed by atoms with Gasteiger partial charge in [-0.3, -0.25) is 0 Å². The van der Waals surface area contributed by atoms with Gasteiger partial charge >= 0.3 is 0 Å². The highest BCUT2D eigenvalue weighted by Crippen LogP contribution is 2.57. The van der Waals surface area contributed by atoms with E-state index in [0.717, 1.165) is 17.1 Å². The lowest BCUT2D eigenvalue weighted by molar-refractivity contribution is 0.545. The van der Waals surface area contributed by atoms with Gasteiger partial charge in [0, 0.05) is 22.5 Å². The summed E-state index contributed by atoms with van der Waals surface area (Å²) in [5.74, 6) is 0. The van der Waals surface area contributed by atoms with Crippen LogP contribution in [-0.2, 0) is 21.7 Å². The summed E-state index contributed by atoms with van der Waals surface area (Å²) in [7, 11) is 0.